The molecule has 0 aliphatic heterocycles. The van der Waals surface area contributed by atoms with Crippen molar-refractivity contribution in [2.45, 2.75) is 25.9 Å². The first kappa shape index (κ1) is 13.1. The van der Waals surface area contributed by atoms with E-state index in [4.69, 9.17) is 4.74 Å². The summed E-state index contributed by atoms with van der Waals surface area (Å²) in [4.78, 5) is 0. The highest BCUT2D eigenvalue weighted by molar-refractivity contribution is 7.07. The van der Waals surface area contributed by atoms with Crippen LogP contribution in [0.4, 0.5) is 0 Å². The van der Waals surface area contributed by atoms with E-state index >= 15 is 0 Å². The average molecular weight is 261 g/mol. The lowest BCUT2D eigenvalue weighted by molar-refractivity contribution is 0.414. The summed E-state index contributed by atoms with van der Waals surface area (Å²) in [5.74, 6) is 0.916. The van der Waals surface area contributed by atoms with Crippen molar-refractivity contribution < 1.29 is 4.74 Å². The molecule has 0 radical (unpaired) electrons. The highest BCUT2D eigenvalue weighted by Crippen LogP contribution is 2.13. The molecule has 0 fully saturated rings. The summed E-state index contributed by atoms with van der Waals surface area (Å²) in [6.07, 6.45) is 1.08. The number of methoxy groups -OCH3 is 1. The van der Waals surface area contributed by atoms with Crippen LogP contribution in [0.3, 0.4) is 0 Å². The Hall–Kier alpha value is -1.32. The SMILES string of the molecule is COc1cccc(CNC(C)Cc2ccsc2)c1. The van der Waals surface area contributed by atoms with Gasteiger partial charge >= 0.3 is 0 Å². The zero-order valence-electron chi connectivity index (χ0n) is 10.8. The van der Waals surface area contributed by atoms with Crippen LogP contribution in [0.2, 0.25) is 0 Å². The van der Waals surface area contributed by atoms with Crippen molar-refractivity contribution in [1.82, 2.24) is 5.32 Å². The third-order valence-corrected chi connectivity index (χ3v) is 3.64. The molecular formula is C15H19NOS. The summed E-state index contributed by atoms with van der Waals surface area (Å²) >= 11 is 1.76. The van der Waals surface area contributed by atoms with Crippen LogP contribution < -0.4 is 10.1 Å². The monoisotopic (exact) mass is 261 g/mol. The van der Waals surface area contributed by atoms with Gasteiger partial charge in [-0.3, -0.25) is 0 Å². The third-order valence-electron chi connectivity index (χ3n) is 2.91. The summed E-state index contributed by atoms with van der Waals surface area (Å²) in [5, 5.41) is 7.88. The van der Waals surface area contributed by atoms with E-state index < -0.39 is 0 Å². The van der Waals surface area contributed by atoms with Gasteiger partial charge in [0.1, 0.15) is 5.75 Å². The fourth-order valence-electron chi connectivity index (χ4n) is 1.91. The first-order valence-electron chi connectivity index (χ1n) is 6.15. The molecule has 2 rings (SSSR count). The van der Waals surface area contributed by atoms with E-state index in [1.807, 2.05) is 12.1 Å². The van der Waals surface area contributed by atoms with Crippen LogP contribution in [-0.2, 0) is 13.0 Å². The number of thiophene rings is 1. The summed E-state index contributed by atoms with van der Waals surface area (Å²) in [5.41, 5.74) is 2.66. The van der Waals surface area contributed by atoms with Crippen LogP contribution in [-0.4, -0.2) is 13.2 Å². The van der Waals surface area contributed by atoms with Gasteiger partial charge in [-0.15, -0.1) is 0 Å². The van der Waals surface area contributed by atoms with Gasteiger partial charge in [0.15, 0.2) is 0 Å². The second-order valence-corrected chi connectivity index (χ2v) is 5.25. The largest absolute Gasteiger partial charge is 0.497 e. The van der Waals surface area contributed by atoms with Crippen LogP contribution >= 0.6 is 11.3 Å². The lowest BCUT2D eigenvalue weighted by atomic mass is 10.1. The Kier molecular flexibility index (Phi) is 4.79. The van der Waals surface area contributed by atoms with Crippen molar-refractivity contribution in [2.75, 3.05) is 7.11 Å². The molecule has 0 amide bonds. The zero-order valence-corrected chi connectivity index (χ0v) is 11.7. The third kappa shape index (κ3) is 3.86. The molecule has 1 atom stereocenters. The molecule has 0 aliphatic rings. The van der Waals surface area contributed by atoms with Gasteiger partial charge in [-0.25, -0.2) is 0 Å². The lowest BCUT2D eigenvalue weighted by Crippen LogP contribution is -2.27. The van der Waals surface area contributed by atoms with Crippen LogP contribution in [0.15, 0.2) is 41.1 Å². The smallest absolute Gasteiger partial charge is 0.119 e. The first-order valence-corrected chi connectivity index (χ1v) is 7.09. The van der Waals surface area contributed by atoms with Gasteiger partial charge < -0.3 is 10.1 Å². The van der Waals surface area contributed by atoms with Crippen molar-refractivity contribution in [3.05, 3.63) is 52.2 Å². The van der Waals surface area contributed by atoms with Gasteiger partial charge in [0.2, 0.25) is 0 Å². The molecule has 2 aromatic rings. The molecular weight excluding hydrogens is 242 g/mol. The molecule has 0 spiro atoms. The molecule has 0 saturated carbocycles. The predicted molar refractivity (Wildman–Crippen MR) is 77.3 cm³/mol. The highest BCUT2D eigenvalue weighted by Gasteiger charge is 2.04. The van der Waals surface area contributed by atoms with Crippen molar-refractivity contribution >= 4 is 11.3 Å². The molecule has 0 saturated heterocycles. The van der Waals surface area contributed by atoms with E-state index in [0.717, 1.165) is 18.7 Å². The minimum absolute atomic E-state index is 0.478. The van der Waals surface area contributed by atoms with Crippen LogP contribution in [0.1, 0.15) is 18.1 Å². The second kappa shape index (κ2) is 6.57. The molecule has 2 nitrogen and oxygen atoms in total. The van der Waals surface area contributed by atoms with Crippen molar-refractivity contribution in [3.8, 4) is 5.75 Å². The van der Waals surface area contributed by atoms with Crippen LogP contribution in [0.25, 0.3) is 0 Å². The topological polar surface area (TPSA) is 21.3 Å². The molecule has 1 aromatic carbocycles. The standard InChI is InChI=1S/C15H19NOS/c1-12(8-14-6-7-18-11-14)16-10-13-4-3-5-15(9-13)17-2/h3-7,9,11-12,16H,8,10H2,1-2H3. The summed E-state index contributed by atoms with van der Waals surface area (Å²) in [7, 11) is 1.70. The summed E-state index contributed by atoms with van der Waals surface area (Å²) in [6, 6.07) is 10.9. The normalized spacial score (nSPS) is 12.3. The fraction of sp³-hybridized carbons (Fsp3) is 0.333. The Bertz CT molecular complexity index is 467. The Labute approximate surface area is 113 Å². The van der Waals surface area contributed by atoms with Gasteiger partial charge in [-0.2, -0.15) is 11.3 Å². The molecule has 1 aromatic heterocycles. The first-order chi connectivity index (χ1) is 8.78. The molecule has 0 bridgehead atoms. The summed E-state index contributed by atoms with van der Waals surface area (Å²) < 4.78 is 5.22. The number of ether oxygens (including phenoxy) is 1. The van der Waals surface area contributed by atoms with Gasteiger partial charge in [-0.05, 0) is 53.4 Å². The van der Waals surface area contributed by atoms with Crippen LogP contribution in [0.5, 0.6) is 5.75 Å². The minimum atomic E-state index is 0.478. The van der Waals surface area contributed by atoms with Gasteiger partial charge in [0, 0.05) is 12.6 Å². The van der Waals surface area contributed by atoms with Crippen LogP contribution in [0, 0.1) is 0 Å². The molecule has 96 valence electrons. The van der Waals surface area contributed by atoms with E-state index in [1.165, 1.54) is 11.1 Å². The number of hydrogen-bond acceptors (Lipinski definition) is 3. The predicted octanol–water partition coefficient (Wildman–Crippen LogP) is 3.48. The number of benzene rings is 1. The lowest BCUT2D eigenvalue weighted by Gasteiger charge is -2.13. The van der Waals surface area contributed by atoms with E-state index in [-0.39, 0.29) is 0 Å². The molecule has 3 heteroatoms. The van der Waals surface area contributed by atoms with E-state index in [1.54, 1.807) is 18.4 Å². The van der Waals surface area contributed by atoms with E-state index in [9.17, 15) is 0 Å². The Morgan fingerprint density at radius 2 is 2.17 bits per heavy atom. The molecule has 18 heavy (non-hydrogen) atoms. The number of nitrogens with one attached hydrogen (secondary N) is 1. The van der Waals surface area contributed by atoms with Crippen molar-refractivity contribution in [2.24, 2.45) is 0 Å². The summed E-state index contributed by atoms with van der Waals surface area (Å²) in [6.45, 7) is 3.10. The molecule has 1 unspecified atom stereocenters. The second-order valence-electron chi connectivity index (χ2n) is 4.47. The van der Waals surface area contributed by atoms with Gasteiger partial charge in [-0.1, -0.05) is 12.1 Å². The number of rotatable bonds is 6. The van der Waals surface area contributed by atoms with Crippen molar-refractivity contribution in [1.29, 1.82) is 0 Å². The zero-order chi connectivity index (χ0) is 12.8. The van der Waals surface area contributed by atoms with E-state index in [2.05, 4.69) is 41.2 Å². The maximum absolute atomic E-state index is 5.22. The molecule has 0 aliphatic carbocycles. The quantitative estimate of drug-likeness (QED) is 0.859. The highest BCUT2D eigenvalue weighted by atomic mass is 32.1. The van der Waals surface area contributed by atoms with Gasteiger partial charge in [0.25, 0.3) is 0 Å². The maximum Gasteiger partial charge on any atom is 0.119 e. The maximum atomic E-state index is 5.22. The molecule has 1 heterocycles. The Morgan fingerprint density at radius 1 is 1.28 bits per heavy atom. The van der Waals surface area contributed by atoms with Crippen molar-refractivity contribution in [3.63, 3.8) is 0 Å². The Balaban J connectivity index is 1.83. The Morgan fingerprint density at radius 3 is 2.89 bits per heavy atom. The average Bonchev–Trinajstić information content (AvgIpc) is 2.89. The van der Waals surface area contributed by atoms with E-state index in [0.29, 0.717) is 6.04 Å². The number of hydrogen-bond donors (Lipinski definition) is 1. The van der Waals surface area contributed by atoms with Gasteiger partial charge in [0.05, 0.1) is 7.11 Å². The molecule has 1 N–H and O–H groups in total. The minimum Gasteiger partial charge on any atom is -0.497 e. The fourth-order valence-corrected chi connectivity index (χ4v) is 2.59.